The molecule has 0 amide bonds. The first-order valence-corrected chi connectivity index (χ1v) is 4.67. The van der Waals surface area contributed by atoms with Crippen molar-refractivity contribution in [1.29, 1.82) is 0 Å². The molecule has 0 rings (SSSR count). The first-order valence-electron chi connectivity index (χ1n) is 3.79. The predicted molar refractivity (Wildman–Crippen MR) is 50.6 cm³/mol. The number of thioether (sulfide) groups is 1. The minimum Gasteiger partial charge on any atom is -0.330 e. The van der Waals surface area contributed by atoms with Crippen LogP contribution in [0.4, 0.5) is 0 Å². The van der Waals surface area contributed by atoms with Gasteiger partial charge in [0.05, 0.1) is 32.9 Å². The highest BCUT2D eigenvalue weighted by Crippen LogP contribution is 2.13. The topological polar surface area (TPSA) is 17.1 Å². The van der Waals surface area contributed by atoms with Gasteiger partial charge in [-0.25, -0.2) is 0 Å². The van der Waals surface area contributed by atoms with Gasteiger partial charge in [0.1, 0.15) is 0 Å². The van der Waals surface area contributed by atoms with E-state index < -0.39 is 0 Å². The predicted octanol–water partition coefficient (Wildman–Crippen LogP) is 1.36. The van der Waals surface area contributed by atoms with Crippen molar-refractivity contribution < 1.29 is 9.28 Å². The molecule has 0 aromatic carbocycles. The van der Waals surface area contributed by atoms with Crippen molar-refractivity contribution in [2.75, 3.05) is 27.7 Å². The fourth-order valence-corrected chi connectivity index (χ4v) is 2.18. The third-order valence-corrected chi connectivity index (χ3v) is 2.06. The number of hydrogen-bond acceptors (Lipinski definition) is 2. The van der Waals surface area contributed by atoms with Crippen molar-refractivity contribution >= 4 is 16.9 Å². The maximum Gasteiger partial charge on any atom is 0.186 e. The minimum absolute atomic E-state index is 0.214. The van der Waals surface area contributed by atoms with E-state index in [2.05, 4.69) is 28.1 Å². The Balaban J connectivity index is 3.69. The first-order chi connectivity index (χ1) is 4.81. The number of rotatable bonds is 3. The van der Waals surface area contributed by atoms with Crippen LogP contribution in [0.5, 0.6) is 0 Å². The van der Waals surface area contributed by atoms with Gasteiger partial charge in [0.25, 0.3) is 0 Å². The molecule has 0 heterocycles. The van der Waals surface area contributed by atoms with Crippen LogP contribution in [-0.2, 0) is 4.79 Å². The molecule has 0 bridgehead atoms. The molecule has 0 radical (unpaired) electrons. The number of carbonyl (C=O) groups is 1. The van der Waals surface area contributed by atoms with E-state index in [4.69, 9.17) is 0 Å². The van der Waals surface area contributed by atoms with Crippen LogP contribution in [0.2, 0.25) is 0 Å². The number of nitrogens with zero attached hydrogens (tertiary/aromatic N) is 1. The average molecular weight is 176 g/mol. The van der Waals surface area contributed by atoms with Crippen LogP contribution in [0, 0.1) is 0 Å². The second kappa shape index (κ2) is 4.12. The fourth-order valence-electron chi connectivity index (χ4n) is 1.09. The van der Waals surface area contributed by atoms with Gasteiger partial charge in [-0.05, 0) is 6.92 Å². The number of hydrogen-bond donors (Lipinski definition) is 0. The molecule has 0 unspecified atom stereocenters. The molecule has 0 aliphatic carbocycles. The fraction of sp³-hybridized carbons (Fsp3) is 0.875. The molecule has 3 heteroatoms. The van der Waals surface area contributed by atoms with Gasteiger partial charge in [-0.15, -0.1) is 0 Å². The van der Waals surface area contributed by atoms with Crippen molar-refractivity contribution in [3.05, 3.63) is 0 Å². The van der Waals surface area contributed by atoms with E-state index in [1.807, 2.05) is 0 Å². The quantitative estimate of drug-likeness (QED) is 0.604. The highest BCUT2D eigenvalue weighted by atomic mass is 32.2. The Morgan fingerprint density at radius 1 is 1.45 bits per heavy atom. The standard InChI is InChI=1S/C8H18NOS/c1-7(11-8(2)10)6-9(3,4)5/h7H,6H2,1-5H3/q+1/t7-/m1/s1. The molecule has 0 saturated heterocycles. The van der Waals surface area contributed by atoms with Gasteiger partial charge in [-0.3, -0.25) is 4.79 Å². The Hall–Kier alpha value is -0.0200. The number of quaternary nitrogens is 1. The van der Waals surface area contributed by atoms with Crippen LogP contribution in [0.1, 0.15) is 13.8 Å². The Morgan fingerprint density at radius 3 is 2.18 bits per heavy atom. The van der Waals surface area contributed by atoms with Crippen molar-refractivity contribution in [1.82, 2.24) is 0 Å². The summed E-state index contributed by atoms with van der Waals surface area (Å²) in [5.74, 6) is 0. The lowest BCUT2D eigenvalue weighted by Crippen LogP contribution is -2.39. The maximum absolute atomic E-state index is 10.7. The molecule has 11 heavy (non-hydrogen) atoms. The maximum atomic E-state index is 10.7. The molecule has 0 spiro atoms. The highest BCUT2D eigenvalue weighted by Gasteiger charge is 2.15. The summed E-state index contributed by atoms with van der Waals surface area (Å²) in [5.41, 5.74) is 0. The summed E-state index contributed by atoms with van der Waals surface area (Å²) in [7, 11) is 6.41. The zero-order chi connectivity index (χ0) is 9.07. The number of carbonyl (C=O) groups excluding carboxylic acids is 1. The molecule has 66 valence electrons. The van der Waals surface area contributed by atoms with E-state index in [1.54, 1.807) is 6.92 Å². The summed E-state index contributed by atoms with van der Waals surface area (Å²) in [6.07, 6.45) is 0. The summed E-state index contributed by atoms with van der Waals surface area (Å²) in [4.78, 5) is 10.7. The van der Waals surface area contributed by atoms with Gasteiger partial charge in [-0.1, -0.05) is 11.8 Å². The normalized spacial score (nSPS) is 14.6. The lowest BCUT2D eigenvalue weighted by molar-refractivity contribution is -0.869. The summed E-state index contributed by atoms with van der Waals surface area (Å²) < 4.78 is 0.918. The summed E-state index contributed by atoms with van der Waals surface area (Å²) >= 11 is 1.43. The van der Waals surface area contributed by atoms with Crippen molar-refractivity contribution in [2.45, 2.75) is 19.1 Å². The third-order valence-electron chi connectivity index (χ3n) is 1.17. The second-order valence-electron chi connectivity index (χ2n) is 3.89. The molecular formula is C8H18NOS+. The Bertz CT molecular complexity index is 140. The molecule has 0 fully saturated rings. The molecule has 2 nitrogen and oxygen atoms in total. The monoisotopic (exact) mass is 176 g/mol. The lowest BCUT2D eigenvalue weighted by Gasteiger charge is -2.26. The molecule has 0 N–H and O–H groups in total. The molecule has 0 aromatic rings. The van der Waals surface area contributed by atoms with E-state index in [9.17, 15) is 4.79 Å². The van der Waals surface area contributed by atoms with Gasteiger partial charge < -0.3 is 4.48 Å². The Morgan fingerprint density at radius 2 is 1.91 bits per heavy atom. The highest BCUT2D eigenvalue weighted by molar-refractivity contribution is 8.14. The Labute approximate surface area is 73.5 Å². The lowest BCUT2D eigenvalue weighted by atomic mass is 10.4. The van der Waals surface area contributed by atoms with Gasteiger partial charge in [0.15, 0.2) is 5.12 Å². The largest absolute Gasteiger partial charge is 0.330 e. The first kappa shape index (κ1) is 11.0. The van der Waals surface area contributed by atoms with Crippen molar-refractivity contribution in [3.63, 3.8) is 0 Å². The van der Waals surface area contributed by atoms with E-state index in [1.165, 1.54) is 11.8 Å². The van der Waals surface area contributed by atoms with Crippen LogP contribution >= 0.6 is 11.8 Å². The van der Waals surface area contributed by atoms with Gasteiger partial charge in [0.2, 0.25) is 0 Å². The summed E-state index contributed by atoms with van der Waals surface area (Å²) in [6.45, 7) is 4.75. The zero-order valence-electron chi connectivity index (χ0n) is 8.05. The SMILES string of the molecule is CC(=O)S[C@H](C)C[N+](C)(C)C. The van der Waals surface area contributed by atoms with E-state index >= 15 is 0 Å². The van der Waals surface area contributed by atoms with E-state index in [0.29, 0.717) is 5.25 Å². The van der Waals surface area contributed by atoms with Crippen LogP contribution < -0.4 is 0 Å². The van der Waals surface area contributed by atoms with Gasteiger partial charge in [-0.2, -0.15) is 0 Å². The van der Waals surface area contributed by atoms with Crippen LogP contribution in [0.25, 0.3) is 0 Å². The minimum atomic E-state index is 0.214. The van der Waals surface area contributed by atoms with Crippen LogP contribution in [-0.4, -0.2) is 42.5 Å². The molecule has 0 saturated carbocycles. The smallest absolute Gasteiger partial charge is 0.186 e. The van der Waals surface area contributed by atoms with Crippen LogP contribution in [0.3, 0.4) is 0 Å². The molecule has 0 aromatic heterocycles. The summed E-state index contributed by atoms with van der Waals surface area (Å²) in [6, 6.07) is 0. The van der Waals surface area contributed by atoms with Crippen LogP contribution in [0.15, 0.2) is 0 Å². The zero-order valence-corrected chi connectivity index (χ0v) is 8.86. The van der Waals surface area contributed by atoms with Crippen molar-refractivity contribution in [3.8, 4) is 0 Å². The summed E-state index contributed by atoms with van der Waals surface area (Å²) in [5, 5.41) is 0.637. The Kier molecular flexibility index (Phi) is 4.11. The third kappa shape index (κ3) is 7.88. The average Bonchev–Trinajstić information content (AvgIpc) is 1.53. The second-order valence-corrected chi connectivity index (χ2v) is 5.51. The molecule has 0 aliphatic heterocycles. The van der Waals surface area contributed by atoms with E-state index in [-0.39, 0.29) is 5.12 Å². The molecule has 1 atom stereocenters. The molecule has 0 aliphatic rings. The van der Waals surface area contributed by atoms with Crippen molar-refractivity contribution in [2.24, 2.45) is 0 Å². The van der Waals surface area contributed by atoms with Gasteiger partial charge in [0, 0.05) is 6.92 Å². The van der Waals surface area contributed by atoms with Gasteiger partial charge >= 0.3 is 0 Å². The van der Waals surface area contributed by atoms with E-state index in [0.717, 1.165) is 11.0 Å². The molecular weight excluding hydrogens is 158 g/mol.